The van der Waals surface area contributed by atoms with Gasteiger partial charge in [0.2, 0.25) is 12.0 Å². The van der Waals surface area contributed by atoms with Gasteiger partial charge in [-0.2, -0.15) is 23.3 Å². The maximum Gasteiger partial charge on any atom is 0.429 e. The van der Waals surface area contributed by atoms with Crippen LogP contribution in [0.4, 0.5) is 19.0 Å². The van der Waals surface area contributed by atoms with E-state index in [2.05, 4.69) is 20.4 Å². The third kappa shape index (κ3) is 7.38. The number of hydrogen-bond acceptors (Lipinski definition) is 9. The summed E-state index contributed by atoms with van der Waals surface area (Å²) < 4.78 is 56.9. The maximum atomic E-state index is 14.9. The van der Waals surface area contributed by atoms with Crippen molar-refractivity contribution in [2.45, 2.75) is 58.4 Å². The number of hydrogen-bond donors (Lipinski definition) is 2. The van der Waals surface area contributed by atoms with E-state index in [1.165, 1.54) is 16.8 Å². The predicted molar refractivity (Wildman–Crippen MR) is 174 cm³/mol. The summed E-state index contributed by atoms with van der Waals surface area (Å²) in [6, 6.07) is 13.7. The highest BCUT2D eigenvalue weighted by Gasteiger charge is 2.46. The molecule has 2 atom stereocenters. The summed E-state index contributed by atoms with van der Waals surface area (Å²) in [4.78, 5) is 34.3. The van der Waals surface area contributed by atoms with Gasteiger partial charge >= 0.3 is 18.1 Å². The second kappa shape index (κ2) is 13.5. The van der Waals surface area contributed by atoms with Gasteiger partial charge in [-0.05, 0) is 80.8 Å². The zero-order valence-corrected chi connectivity index (χ0v) is 27.3. The number of rotatable bonds is 9. The highest BCUT2D eigenvalue weighted by molar-refractivity contribution is 5.90. The van der Waals surface area contributed by atoms with Crippen LogP contribution in [0.15, 0.2) is 60.8 Å². The highest BCUT2D eigenvalue weighted by atomic mass is 19.4. The molecule has 49 heavy (non-hydrogen) atoms. The molecule has 0 amide bonds. The van der Waals surface area contributed by atoms with Gasteiger partial charge in [0.05, 0.1) is 23.6 Å². The average Bonchev–Trinajstić information content (AvgIpc) is 3.70. The number of carbonyl (C=O) groups is 2. The maximum absolute atomic E-state index is 14.9. The molecule has 0 bridgehead atoms. The number of aryl methyl sites for hydroxylation is 2. The van der Waals surface area contributed by atoms with E-state index in [1.807, 2.05) is 4.90 Å². The van der Waals surface area contributed by atoms with Gasteiger partial charge < -0.3 is 24.8 Å². The zero-order chi connectivity index (χ0) is 34.9. The van der Waals surface area contributed by atoms with Crippen molar-refractivity contribution >= 4 is 17.8 Å². The van der Waals surface area contributed by atoms with E-state index in [9.17, 15) is 27.9 Å². The molecule has 0 aliphatic carbocycles. The molecule has 1 spiro atoms. The summed E-state index contributed by atoms with van der Waals surface area (Å²) in [5.74, 6) is -0.846. The van der Waals surface area contributed by atoms with Crippen molar-refractivity contribution in [2.75, 3.05) is 31.1 Å². The molecule has 11 nitrogen and oxygen atoms in total. The number of alkyl halides is 3. The van der Waals surface area contributed by atoms with Crippen LogP contribution in [-0.2, 0) is 9.53 Å². The Kier molecular flexibility index (Phi) is 9.34. The van der Waals surface area contributed by atoms with Gasteiger partial charge in [0, 0.05) is 37.5 Å². The van der Waals surface area contributed by atoms with Crippen molar-refractivity contribution in [2.24, 2.45) is 5.41 Å². The minimum absolute atomic E-state index is 0.140. The van der Waals surface area contributed by atoms with Gasteiger partial charge in [0.15, 0.2) is 0 Å². The van der Waals surface area contributed by atoms with E-state index in [-0.39, 0.29) is 35.0 Å². The van der Waals surface area contributed by atoms with E-state index in [1.54, 1.807) is 69.4 Å². The summed E-state index contributed by atoms with van der Waals surface area (Å²) in [5, 5.41) is 16.9. The van der Waals surface area contributed by atoms with Gasteiger partial charge in [-0.25, -0.2) is 14.5 Å². The summed E-state index contributed by atoms with van der Waals surface area (Å²) in [5.41, 5.74) is 2.13. The van der Waals surface area contributed by atoms with E-state index in [0.717, 1.165) is 12.8 Å². The second-order valence-corrected chi connectivity index (χ2v) is 12.6. The summed E-state index contributed by atoms with van der Waals surface area (Å²) in [6.45, 7) is 7.04. The average molecular weight is 679 g/mol. The Morgan fingerprint density at radius 2 is 1.76 bits per heavy atom. The Labute approximate surface area is 281 Å². The van der Waals surface area contributed by atoms with Crippen LogP contribution in [0.2, 0.25) is 0 Å². The number of anilines is 1. The third-order valence-electron chi connectivity index (χ3n) is 9.16. The minimum atomic E-state index is -4.83. The first kappa shape index (κ1) is 33.9. The van der Waals surface area contributed by atoms with Gasteiger partial charge in [0.1, 0.15) is 17.7 Å². The minimum Gasteiger partial charge on any atom is -0.480 e. The van der Waals surface area contributed by atoms with E-state index < -0.39 is 30.3 Å². The molecule has 4 heterocycles. The number of piperidine rings is 1. The highest BCUT2D eigenvalue weighted by Crippen LogP contribution is 2.42. The fourth-order valence-corrected chi connectivity index (χ4v) is 6.56. The van der Waals surface area contributed by atoms with Crippen LogP contribution in [0.1, 0.15) is 59.7 Å². The number of carbonyl (C=O) groups excluding carboxylic acids is 1. The first-order valence-electron chi connectivity index (χ1n) is 16.1. The zero-order valence-electron chi connectivity index (χ0n) is 27.3. The monoisotopic (exact) mass is 678 g/mol. The van der Waals surface area contributed by atoms with Crippen LogP contribution in [0.25, 0.3) is 16.8 Å². The molecule has 0 saturated carbocycles. The first-order valence-corrected chi connectivity index (χ1v) is 16.1. The molecule has 14 heteroatoms. The van der Waals surface area contributed by atoms with Crippen LogP contribution in [0, 0.1) is 19.3 Å². The van der Waals surface area contributed by atoms with Crippen LogP contribution >= 0.6 is 0 Å². The fraction of sp³-hybridized carbons (Fsp3) is 0.400. The van der Waals surface area contributed by atoms with Crippen molar-refractivity contribution in [3.8, 4) is 22.7 Å². The third-order valence-corrected chi connectivity index (χ3v) is 9.16. The lowest BCUT2D eigenvalue weighted by molar-refractivity contribution is -0.198. The van der Waals surface area contributed by atoms with Crippen molar-refractivity contribution in [1.82, 2.24) is 25.1 Å². The fourth-order valence-electron chi connectivity index (χ4n) is 6.56. The van der Waals surface area contributed by atoms with Crippen molar-refractivity contribution in [3.05, 3.63) is 83.4 Å². The van der Waals surface area contributed by atoms with Crippen LogP contribution in [0.3, 0.4) is 0 Å². The number of carboxylic acid groups (broad SMARTS) is 1. The molecule has 4 aromatic rings. The summed E-state index contributed by atoms with van der Waals surface area (Å²) in [6.07, 6.45) is -3.65. The largest absolute Gasteiger partial charge is 0.480 e. The van der Waals surface area contributed by atoms with Crippen molar-refractivity contribution in [1.29, 1.82) is 0 Å². The lowest BCUT2D eigenvalue weighted by atomic mass is 9.76. The number of aliphatic carboxylic acids is 1. The van der Waals surface area contributed by atoms with Crippen LogP contribution < -0.4 is 15.0 Å². The van der Waals surface area contributed by atoms with E-state index in [0.29, 0.717) is 54.3 Å². The molecule has 2 aromatic heterocycles. The molecule has 258 valence electrons. The lowest BCUT2D eigenvalue weighted by Gasteiger charge is -2.39. The van der Waals surface area contributed by atoms with Gasteiger partial charge in [0.25, 0.3) is 0 Å². The molecule has 2 aliphatic rings. The number of ether oxygens (including phenoxy) is 2. The molecule has 2 fully saturated rings. The molecule has 2 aromatic carbocycles. The van der Waals surface area contributed by atoms with Gasteiger partial charge in [-0.3, -0.25) is 4.79 Å². The quantitative estimate of drug-likeness (QED) is 0.208. The first-order chi connectivity index (χ1) is 23.3. The van der Waals surface area contributed by atoms with Crippen molar-refractivity contribution in [3.63, 3.8) is 0 Å². The molecule has 0 radical (unpaired) electrons. The number of carboxylic acids is 1. The number of halogens is 3. The number of benzene rings is 2. The molecule has 6 rings (SSSR count). The lowest BCUT2D eigenvalue weighted by Crippen LogP contribution is -2.41. The normalized spacial score (nSPS) is 18.0. The topological polar surface area (TPSA) is 132 Å². The summed E-state index contributed by atoms with van der Waals surface area (Å²) in [7, 11) is 0. The molecular weight excluding hydrogens is 641 g/mol. The molecule has 2 aliphatic heterocycles. The Morgan fingerprint density at radius 3 is 2.37 bits per heavy atom. The Hall–Kier alpha value is -4.98. The number of aromatic nitrogens is 4. The SMILES string of the molecule is CCOC(=O)c1ccc(-c2ccc([C@@H](Oc3cc(N4CCC5(CC4)CNC(C(=O)O)C5)nc(C)n3)C(F)(F)F)c(-n3ccc(C)n3)c2)cc1. The van der Waals surface area contributed by atoms with E-state index in [4.69, 9.17) is 9.47 Å². The number of nitrogens with one attached hydrogen (secondary N) is 1. The van der Waals surface area contributed by atoms with Crippen LogP contribution in [-0.4, -0.2) is 75.3 Å². The van der Waals surface area contributed by atoms with Crippen LogP contribution in [0.5, 0.6) is 5.88 Å². The Balaban J connectivity index is 1.29. The van der Waals surface area contributed by atoms with Crippen molar-refractivity contribution < 1.29 is 37.3 Å². The molecule has 2 saturated heterocycles. The predicted octanol–water partition coefficient (Wildman–Crippen LogP) is 5.84. The molecule has 1 unspecified atom stereocenters. The smallest absolute Gasteiger partial charge is 0.429 e. The molecule has 2 N–H and O–H groups in total. The van der Waals surface area contributed by atoms with E-state index >= 15 is 0 Å². The Bertz CT molecular complexity index is 1840. The standard InChI is InChI=1S/C35H37F3N6O5/c1-4-48-33(47)24-7-5-23(6-8-24)25-9-10-26(28(17-25)44-14-11-21(2)42-44)31(35(36,37)38)49-30-18-29(40-22(3)41-30)43-15-12-34(13-16-43)19-27(32(45)46)39-20-34/h5-11,14,17-18,27,31,39H,4,12-13,15-16,19-20H2,1-3H3,(H,45,46)/t27?,31-/m1/s1. The van der Waals surface area contributed by atoms with Gasteiger partial charge in [-0.15, -0.1) is 0 Å². The molecular formula is C35H37F3N6O5. The van der Waals surface area contributed by atoms with Gasteiger partial charge in [-0.1, -0.05) is 24.3 Å². The summed E-state index contributed by atoms with van der Waals surface area (Å²) >= 11 is 0. The number of nitrogens with zero attached hydrogens (tertiary/aromatic N) is 5. The number of esters is 1. The second-order valence-electron chi connectivity index (χ2n) is 12.6. The Morgan fingerprint density at radius 1 is 1.04 bits per heavy atom.